The van der Waals surface area contributed by atoms with Crippen LogP contribution < -0.4 is 24.4 Å². The van der Waals surface area contributed by atoms with E-state index in [0.29, 0.717) is 5.56 Å². The fraction of sp³-hybridized carbons (Fsp3) is 0.375. The molecule has 2 aromatic carbocycles. The Bertz CT molecular complexity index is 1300. The van der Waals surface area contributed by atoms with Gasteiger partial charge < -0.3 is 53.6 Å². The molecule has 2 heterocycles. The summed E-state index contributed by atoms with van der Waals surface area (Å²) in [4.78, 5) is 12.8. The maximum Gasteiger partial charge on any atom is 0.229 e. The van der Waals surface area contributed by atoms with Crippen molar-refractivity contribution >= 4 is 11.0 Å². The molecule has 0 amide bonds. The van der Waals surface area contributed by atoms with Gasteiger partial charge in [0.1, 0.15) is 41.1 Å². The lowest BCUT2D eigenvalue weighted by Gasteiger charge is -2.39. The molecular weight excluding hydrogens is 480 g/mol. The highest BCUT2D eigenvalue weighted by molar-refractivity contribution is 5.89. The van der Waals surface area contributed by atoms with Gasteiger partial charge in [-0.2, -0.15) is 0 Å². The molecule has 0 bridgehead atoms. The average Bonchev–Trinajstić information content (AvgIpc) is 2.88. The molecule has 1 aliphatic heterocycles. The largest absolute Gasteiger partial charge is 0.504 e. The quantitative estimate of drug-likeness (QED) is 0.298. The van der Waals surface area contributed by atoms with Gasteiger partial charge >= 0.3 is 0 Å². The van der Waals surface area contributed by atoms with Gasteiger partial charge in [-0.3, -0.25) is 4.79 Å². The van der Waals surface area contributed by atoms with Crippen LogP contribution in [0, 0.1) is 0 Å². The van der Waals surface area contributed by atoms with Crippen LogP contribution in [0.15, 0.2) is 39.5 Å². The molecule has 0 unspecified atom stereocenters. The third kappa shape index (κ3) is 4.40. The van der Waals surface area contributed by atoms with Crippen LogP contribution in [0.1, 0.15) is 0 Å². The molecule has 4 rings (SSSR count). The molecule has 0 spiro atoms. The summed E-state index contributed by atoms with van der Waals surface area (Å²) in [6, 6.07) is 7.13. The number of benzene rings is 2. The average molecular weight is 506 g/mol. The Hall–Kier alpha value is -3.55. The van der Waals surface area contributed by atoms with Crippen molar-refractivity contribution in [3.05, 3.63) is 40.6 Å². The van der Waals surface area contributed by atoms with Crippen molar-refractivity contribution in [2.24, 2.45) is 0 Å². The van der Waals surface area contributed by atoms with E-state index < -0.39 is 48.5 Å². The number of phenols is 1. The van der Waals surface area contributed by atoms with Gasteiger partial charge in [-0.1, -0.05) is 0 Å². The molecule has 1 aliphatic rings. The third-order valence-electron chi connectivity index (χ3n) is 5.88. The molecule has 5 N–H and O–H groups in total. The summed E-state index contributed by atoms with van der Waals surface area (Å²) < 4.78 is 32.6. The van der Waals surface area contributed by atoms with E-state index >= 15 is 0 Å². The molecule has 1 fully saturated rings. The Morgan fingerprint density at radius 3 is 2.25 bits per heavy atom. The molecule has 12 nitrogen and oxygen atoms in total. The van der Waals surface area contributed by atoms with Crippen molar-refractivity contribution in [2.45, 2.75) is 30.7 Å². The highest BCUT2D eigenvalue weighted by Crippen LogP contribution is 2.42. The van der Waals surface area contributed by atoms with Crippen LogP contribution in [-0.2, 0) is 4.74 Å². The Labute approximate surface area is 204 Å². The zero-order valence-electron chi connectivity index (χ0n) is 19.6. The first-order chi connectivity index (χ1) is 17.2. The Kier molecular flexibility index (Phi) is 7.24. The number of rotatable bonds is 7. The van der Waals surface area contributed by atoms with Crippen molar-refractivity contribution in [3.8, 4) is 40.1 Å². The van der Waals surface area contributed by atoms with Gasteiger partial charge in [0, 0.05) is 17.7 Å². The summed E-state index contributed by atoms with van der Waals surface area (Å²) in [5, 5.41) is 49.9. The molecule has 12 heteroatoms. The lowest BCUT2D eigenvalue weighted by Crippen LogP contribution is -2.60. The van der Waals surface area contributed by atoms with Gasteiger partial charge in [-0.25, -0.2) is 0 Å². The number of aromatic hydroxyl groups is 1. The van der Waals surface area contributed by atoms with Crippen LogP contribution in [0.4, 0.5) is 0 Å². The first kappa shape index (κ1) is 25.5. The van der Waals surface area contributed by atoms with E-state index in [4.69, 9.17) is 28.1 Å². The molecule has 36 heavy (non-hydrogen) atoms. The zero-order valence-corrected chi connectivity index (χ0v) is 19.6. The molecule has 0 saturated carbocycles. The van der Waals surface area contributed by atoms with Crippen molar-refractivity contribution < 1.29 is 53.6 Å². The second-order valence-electron chi connectivity index (χ2n) is 7.99. The number of hydrogen-bond donors (Lipinski definition) is 5. The number of aliphatic hydroxyl groups is 4. The number of phenolic OH excluding ortho intramolecular Hbond substituents is 1. The number of ether oxygens (including phenoxy) is 5. The Morgan fingerprint density at radius 2 is 1.61 bits per heavy atom. The standard InChI is InChI=1S/C24H26O12/c1-31-14-6-10(4-5-12(14)35-24-22(30)21(29)19(27)17(9-25)36-24)13-7-11(26)18-15(34-13)8-16(32-2)23(33-3)20(18)28/h4-8,17,19,21-22,24-25,27-30H,9H2,1-3H3/t17-,19-,21+,22-,24+/m0/s1. The summed E-state index contributed by atoms with van der Waals surface area (Å²) in [5.74, 6) is 0.190. The van der Waals surface area contributed by atoms with Crippen LogP contribution in [0.2, 0.25) is 0 Å². The molecule has 5 atom stereocenters. The maximum atomic E-state index is 12.8. The molecular formula is C24H26O12. The predicted octanol–water partition coefficient (Wildman–Crippen LogP) is 0.370. The smallest absolute Gasteiger partial charge is 0.229 e. The lowest BCUT2D eigenvalue weighted by molar-refractivity contribution is -0.277. The van der Waals surface area contributed by atoms with Crippen molar-refractivity contribution in [1.29, 1.82) is 0 Å². The normalized spacial score (nSPS) is 23.9. The van der Waals surface area contributed by atoms with Crippen molar-refractivity contribution in [2.75, 3.05) is 27.9 Å². The van der Waals surface area contributed by atoms with E-state index in [1.165, 1.54) is 45.6 Å². The van der Waals surface area contributed by atoms with E-state index in [9.17, 15) is 30.3 Å². The molecule has 1 aromatic heterocycles. The monoisotopic (exact) mass is 506 g/mol. The first-order valence-corrected chi connectivity index (χ1v) is 10.8. The van der Waals surface area contributed by atoms with E-state index in [1.54, 1.807) is 6.07 Å². The Balaban J connectivity index is 1.70. The fourth-order valence-corrected chi connectivity index (χ4v) is 3.96. The van der Waals surface area contributed by atoms with Crippen LogP contribution in [0.3, 0.4) is 0 Å². The van der Waals surface area contributed by atoms with Gasteiger partial charge in [-0.05, 0) is 18.2 Å². The lowest BCUT2D eigenvalue weighted by atomic mass is 9.99. The first-order valence-electron chi connectivity index (χ1n) is 10.8. The van der Waals surface area contributed by atoms with E-state index in [1.807, 2.05) is 0 Å². The summed E-state index contributed by atoms with van der Waals surface area (Å²) in [5.41, 5.74) is -0.0418. The number of fused-ring (bicyclic) bond motifs is 1. The minimum atomic E-state index is -1.61. The number of aliphatic hydroxyl groups excluding tert-OH is 4. The van der Waals surface area contributed by atoms with Crippen LogP contribution in [0.5, 0.6) is 28.7 Å². The van der Waals surface area contributed by atoms with Crippen molar-refractivity contribution in [3.63, 3.8) is 0 Å². The highest BCUT2D eigenvalue weighted by atomic mass is 16.7. The topological polar surface area (TPSA) is 178 Å². The van der Waals surface area contributed by atoms with E-state index in [2.05, 4.69) is 0 Å². The van der Waals surface area contributed by atoms with Crippen LogP contribution in [-0.4, -0.2) is 84.2 Å². The number of hydrogen-bond acceptors (Lipinski definition) is 12. The molecule has 194 valence electrons. The highest BCUT2D eigenvalue weighted by Gasteiger charge is 2.45. The van der Waals surface area contributed by atoms with Crippen LogP contribution >= 0.6 is 0 Å². The fourth-order valence-electron chi connectivity index (χ4n) is 3.96. The van der Waals surface area contributed by atoms with E-state index in [0.717, 1.165) is 0 Å². The van der Waals surface area contributed by atoms with E-state index in [-0.39, 0.29) is 39.7 Å². The molecule has 0 radical (unpaired) electrons. The number of methoxy groups -OCH3 is 3. The summed E-state index contributed by atoms with van der Waals surface area (Å²) in [7, 11) is 4.08. The second-order valence-corrected chi connectivity index (χ2v) is 7.99. The minimum Gasteiger partial charge on any atom is -0.504 e. The summed E-state index contributed by atoms with van der Waals surface area (Å²) >= 11 is 0. The molecule has 1 saturated heterocycles. The van der Waals surface area contributed by atoms with Gasteiger partial charge in [-0.15, -0.1) is 0 Å². The van der Waals surface area contributed by atoms with Gasteiger partial charge in [0.2, 0.25) is 12.0 Å². The predicted molar refractivity (Wildman–Crippen MR) is 124 cm³/mol. The van der Waals surface area contributed by atoms with Crippen molar-refractivity contribution in [1.82, 2.24) is 0 Å². The maximum absolute atomic E-state index is 12.8. The third-order valence-corrected chi connectivity index (χ3v) is 5.88. The second kappa shape index (κ2) is 10.2. The zero-order chi connectivity index (χ0) is 26.1. The Morgan fingerprint density at radius 1 is 0.889 bits per heavy atom. The molecule has 3 aromatic rings. The SMILES string of the molecule is COc1cc(-c2cc(=O)c3c(O)c(OC)c(OC)cc3o2)ccc1O[C@@H]1O[C@@H](CO)[C@H](O)[C@@H](O)[C@@H]1O. The summed E-state index contributed by atoms with van der Waals surface area (Å²) in [6.07, 6.45) is -7.29. The van der Waals surface area contributed by atoms with Gasteiger partial charge in [0.15, 0.2) is 28.4 Å². The minimum absolute atomic E-state index is 0.00131. The molecule has 0 aliphatic carbocycles. The van der Waals surface area contributed by atoms with Gasteiger partial charge in [0.25, 0.3) is 0 Å². The summed E-state index contributed by atoms with van der Waals surface area (Å²) in [6.45, 7) is -0.603. The van der Waals surface area contributed by atoms with Gasteiger partial charge in [0.05, 0.1) is 27.9 Å². The van der Waals surface area contributed by atoms with Crippen LogP contribution in [0.25, 0.3) is 22.3 Å².